The van der Waals surface area contributed by atoms with Gasteiger partial charge in [-0.2, -0.15) is 0 Å². The third-order valence-electron chi connectivity index (χ3n) is 3.12. The van der Waals surface area contributed by atoms with E-state index in [0.717, 1.165) is 11.1 Å². The van der Waals surface area contributed by atoms with Gasteiger partial charge in [-0.1, -0.05) is 0 Å². The molecule has 5 N–H and O–H groups in total. The van der Waals surface area contributed by atoms with E-state index < -0.39 is 16.7 Å². The Kier molecular flexibility index (Phi) is 3.48. The van der Waals surface area contributed by atoms with Crippen LogP contribution in [0.15, 0.2) is 24.4 Å². The highest BCUT2D eigenvalue weighted by atomic mass is 16.6. The summed E-state index contributed by atoms with van der Waals surface area (Å²) in [6, 6.07) is 4.55. The number of rotatable bonds is 5. The average molecular weight is 262 g/mol. The number of carbonyl (C=O) groups is 1. The lowest BCUT2D eigenvalue weighted by Gasteiger charge is -2.09. The maximum Gasteiger partial charge on any atom is 0.270 e. The predicted octanol–water partition coefficient (Wildman–Crippen LogP) is 0.679. The number of nitro benzene ring substituents is 1. The molecule has 7 nitrogen and oxygen atoms in total. The molecule has 2 aromatic rings. The van der Waals surface area contributed by atoms with Crippen molar-refractivity contribution in [3.63, 3.8) is 0 Å². The molecular weight excluding hydrogens is 248 g/mol. The van der Waals surface area contributed by atoms with Crippen LogP contribution in [0.25, 0.3) is 10.9 Å². The lowest BCUT2D eigenvalue weighted by molar-refractivity contribution is -0.384. The molecule has 19 heavy (non-hydrogen) atoms. The monoisotopic (exact) mass is 262 g/mol. The van der Waals surface area contributed by atoms with E-state index in [0.29, 0.717) is 11.8 Å². The summed E-state index contributed by atoms with van der Waals surface area (Å²) in [6.45, 7) is 0.150. The molecule has 100 valence electrons. The number of amides is 1. The van der Waals surface area contributed by atoms with Crippen molar-refractivity contribution in [3.8, 4) is 0 Å². The highest BCUT2D eigenvalue weighted by Gasteiger charge is 2.17. The quantitative estimate of drug-likeness (QED) is 0.540. The normalized spacial score (nSPS) is 12.5. The van der Waals surface area contributed by atoms with Gasteiger partial charge in [0.05, 0.1) is 10.8 Å². The van der Waals surface area contributed by atoms with Crippen LogP contribution in [-0.4, -0.2) is 22.4 Å². The molecule has 1 aromatic heterocycles. The van der Waals surface area contributed by atoms with Crippen molar-refractivity contribution in [2.75, 3.05) is 6.54 Å². The Hall–Kier alpha value is -2.41. The zero-order chi connectivity index (χ0) is 14.0. The number of hydrogen-bond acceptors (Lipinski definition) is 4. The summed E-state index contributed by atoms with van der Waals surface area (Å²) in [6.07, 6.45) is 2.09. The van der Waals surface area contributed by atoms with Crippen LogP contribution in [0.3, 0.4) is 0 Å². The fraction of sp³-hybridized carbons (Fsp3) is 0.250. The Morgan fingerprint density at radius 2 is 2.21 bits per heavy atom. The fourth-order valence-corrected chi connectivity index (χ4v) is 2.01. The number of aromatic amines is 1. The van der Waals surface area contributed by atoms with Gasteiger partial charge in [-0.05, 0) is 18.1 Å². The molecule has 0 fully saturated rings. The molecule has 0 aliphatic carbocycles. The SMILES string of the molecule is NC[C@@H](Cc1c[nH]c2ccc([N+](=O)[O-])cc12)C(N)=O. The van der Waals surface area contributed by atoms with Crippen LogP contribution in [0.1, 0.15) is 5.56 Å². The average Bonchev–Trinajstić information content (AvgIpc) is 2.77. The Morgan fingerprint density at radius 3 is 2.79 bits per heavy atom. The zero-order valence-electron chi connectivity index (χ0n) is 10.1. The second kappa shape index (κ2) is 5.07. The number of H-pyrrole nitrogens is 1. The molecule has 1 aromatic carbocycles. The summed E-state index contributed by atoms with van der Waals surface area (Å²) < 4.78 is 0. The first-order valence-corrected chi connectivity index (χ1v) is 5.76. The number of carbonyl (C=O) groups excluding carboxylic acids is 1. The number of hydrogen-bond donors (Lipinski definition) is 3. The minimum Gasteiger partial charge on any atom is -0.369 e. The van der Waals surface area contributed by atoms with Gasteiger partial charge in [0.2, 0.25) is 5.91 Å². The van der Waals surface area contributed by atoms with Crippen molar-refractivity contribution in [3.05, 3.63) is 40.1 Å². The number of benzene rings is 1. The van der Waals surface area contributed by atoms with E-state index >= 15 is 0 Å². The number of primary amides is 1. The largest absolute Gasteiger partial charge is 0.369 e. The van der Waals surface area contributed by atoms with E-state index in [-0.39, 0.29) is 12.2 Å². The molecule has 7 heteroatoms. The van der Waals surface area contributed by atoms with Gasteiger partial charge in [-0.3, -0.25) is 14.9 Å². The van der Waals surface area contributed by atoms with Crippen molar-refractivity contribution in [2.45, 2.75) is 6.42 Å². The minimum absolute atomic E-state index is 0.0109. The summed E-state index contributed by atoms with van der Waals surface area (Å²) >= 11 is 0. The zero-order valence-corrected chi connectivity index (χ0v) is 10.1. The molecule has 0 saturated heterocycles. The molecule has 1 heterocycles. The Morgan fingerprint density at radius 1 is 1.47 bits per heavy atom. The van der Waals surface area contributed by atoms with Crippen molar-refractivity contribution in [1.29, 1.82) is 0 Å². The van der Waals surface area contributed by atoms with E-state index in [1.807, 2.05) is 0 Å². The highest BCUT2D eigenvalue weighted by molar-refractivity contribution is 5.86. The van der Waals surface area contributed by atoms with Crippen LogP contribution in [0, 0.1) is 16.0 Å². The van der Waals surface area contributed by atoms with Crippen LogP contribution < -0.4 is 11.5 Å². The van der Waals surface area contributed by atoms with Gasteiger partial charge in [0.15, 0.2) is 0 Å². The third-order valence-corrected chi connectivity index (χ3v) is 3.12. The summed E-state index contributed by atoms with van der Waals surface area (Å²) in [5, 5.41) is 11.5. The van der Waals surface area contributed by atoms with Gasteiger partial charge in [0, 0.05) is 35.8 Å². The van der Waals surface area contributed by atoms with Gasteiger partial charge >= 0.3 is 0 Å². The molecule has 1 atom stereocenters. The maximum absolute atomic E-state index is 11.2. The third kappa shape index (κ3) is 2.55. The van der Waals surface area contributed by atoms with E-state index in [1.165, 1.54) is 12.1 Å². The molecule has 2 rings (SSSR count). The first-order valence-electron chi connectivity index (χ1n) is 5.76. The van der Waals surface area contributed by atoms with Crippen LogP contribution in [-0.2, 0) is 11.2 Å². The number of nitrogens with one attached hydrogen (secondary N) is 1. The van der Waals surface area contributed by atoms with Crippen LogP contribution in [0.2, 0.25) is 0 Å². The van der Waals surface area contributed by atoms with Crippen molar-refractivity contribution < 1.29 is 9.72 Å². The first-order chi connectivity index (χ1) is 9.02. The second-order valence-electron chi connectivity index (χ2n) is 4.34. The molecule has 0 saturated carbocycles. The number of aromatic nitrogens is 1. The lowest BCUT2D eigenvalue weighted by atomic mass is 9.98. The van der Waals surface area contributed by atoms with Crippen molar-refractivity contribution in [1.82, 2.24) is 4.98 Å². The number of nitrogens with zero attached hydrogens (tertiary/aromatic N) is 1. The number of nitrogens with two attached hydrogens (primary N) is 2. The summed E-state index contributed by atoms with van der Waals surface area (Å²) in [4.78, 5) is 24.5. The molecular formula is C12H14N4O3. The smallest absolute Gasteiger partial charge is 0.270 e. The Labute approximate surface area is 108 Å². The van der Waals surface area contributed by atoms with Crippen LogP contribution in [0.5, 0.6) is 0 Å². The number of non-ortho nitro benzene ring substituents is 1. The number of fused-ring (bicyclic) bond motifs is 1. The van der Waals surface area contributed by atoms with Gasteiger partial charge in [0.1, 0.15) is 0 Å². The van der Waals surface area contributed by atoms with Gasteiger partial charge in [-0.25, -0.2) is 0 Å². The predicted molar refractivity (Wildman–Crippen MR) is 70.4 cm³/mol. The van der Waals surface area contributed by atoms with E-state index in [9.17, 15) is 14.9 Å². The van der Waals surface area contributed by atoms with E-state index in [2.05, 4.69) is 4.98 Å². The molecule has 1 amide bonds. The Bertz CT molecular complexity index is 635. The van der Waals surface area contributed by atoms with Crippen molar-refractivity contribution >= 4 is 22.5 Å². The van der Waals surface area contributed by atoms with Crippen LogP contribution in [0.4, 0.5) is 5.69 Å². The maximum atomic E-state index is 11.2. The topological polar surface area (TPSA) is 128 Å². The molecule has 0 unspecified atom stereocenters. The molecule has 0 aliphatic heterocycles. The van der Waals surface area contributed by atoms with Crippen molar-refractivity contribution in [2.24, 2.45) is 17.4 Å². The standard InChI is InChI=1S/C12H14N4O3/c13-5-7(12(14)17)3-8-6-15-11-2-1-9(16(18)19)4-10(8)11/h1-2,4,6-7,15H,3,5,13H2,(H2,14,17)/t7-/m1/s1. The first kappa shape index (κ1) is 13.0. The molecule has 0 spiro atoms. The summed E-state index contributed by atoms with van der Waals surface area (Å²) in [7, 11) is 0. The summed E-state index contributed by atoms with van der Waals surface area (Å²) in [5.74, 6) is -0.944. The molecule has 0 radical (unpaired) electrons. The fourth-order valence-electron chi connectivity index (χ4n) is 2.01. The van der Waals surface area contributed by atoms with Crippen LogP contribution >= 0.6 is 0 Å². The highest BCUT2D eigenvalue weighted by Crippen LogP contribution is 2.25. The van der Waals surface area contributed by atoms with E-state index in [4.69, 9.17) is 11.5 Å². The molecule has 0 aliphatic rings. The number of nitro groups is 1. The van der Waals surface area contributed by atoms with Gasteiger partial charge < -0.3 is 16.5 Å². The van der Waals surface area contributed by atoms with E-state index in [1.54, 1.807) is 12.3 Å². The minimum atomic E-state index is -0.474. The Balaban J connectivity index is 2.40. The second-order valence-corrected chi connectivity index (χ2v) is 4.34. The summed E-state index contributed by atoms with van der Waals surface area (Å²) in [5.41, 5.74) is 12.3. The molecule has 0 bridgehead atoms. The van der Waals surface area contributed by atoms with Gasteiger partial charge in [-0.15, -0.1) is 0 Å². The lowest BCUT2D eigenvalue weighted by Crippen LogP contribution is -2.31. The van der Waals surface area contributed by atoms with Gasteiger partial charge in [0.25, 0.3) is 5.69 Å².